The van der Waals surface area contributed by atoms with Crippen LogP contribution in [-0.4, -0.2) is 120 Å². The van der Waals surface area contributed by atoms with E-state index < -0.39 is 71.5 Å². The monoisotopic (exact) mass is 887 g/mol. The second kappa shape index (κ2) is 19.5. The highest BCUT2D eigenvalue weighted by atomic mass is 19.4. The number of hydrogen-bond acceptors (Lipinski definition) is 9. The minimum absolute atomic E-state index is 0.0591. The maximum absolute atomic E-state index is 14.3. The SMILES string of the molecule is Nc1c(C(F)(F)F)cc(C[C@@H](CC(=O)N2CCC(N3CCc4ccccc4NC3=O)CC2)C(=O)N2CCC(N3CCN(OC(=O)OCc4ccccc4)CC3)CC2)cc1C(F)(F)F. The smallest absolute Gasteiger partial charge is 0.428 e. The van der Waals surface area contributed by atoms with E-state index in [1.165, 1.54) is 9.96 Å². The largest absolute Gasteiger partial charge is 0.528 e. The average molecular weight is 888 g/mol. The molecule has 3 fully saturated rings. The van der Waals surface area contributed by atoms with Gasteiger partial charge in [-0.15, -0.1) is 5.06 Å². The van der Waals surface area contributed by atoms with E-state index in [9.17, 15) is 45.5 Å². The van der Waals surface area contributed by atoms with Crippen molar-refractivity contribution >= 4 is 35.4 Å². The molecule has 4 aliphatic heterocycles. The molecule has 0 unspecified atom stereocenters. The second-order valence-electron chi connectivity index (χ2n) is 16.5. The number of rotatable bonds is 10. The number of nitrogens with zero attached hydrogens (tertiary/aromatic N) is 5. The summed E-state index contributed by atoms with van der Waals surface area (Å²) in [5.41, 5.74) is 2.78. The molecule has 7 rings (SSSR count). The van der Waals surface area contributed by atoms with Crippen LogP contribution in [0.3, 0.4) is 0 Å². The number of fused-ring (bicyclic) bond motifs is 1. The molecule has 4 aliphatic rings. The normalized spacial score (nSPS) is 19.2. The van der Waals surface area contributed by atoms with Crippen molar-refractivity contribution in [3.05, 3.63) is 94.5 Å². The van der Waals surface area contributed by atoms with Crippen LogP contribution in [-0.2, 0) is 51.0 Å². The molecular weight excluding hydrogens is 837 g/mol. The van der Waals surface area contributed by atoms with Crippen molar-refractivity contribution in [3.8, 4) is 0 Å². The zero-order valence-corrected chi connectivity index (χ0v) is 34.6. The Morgan fingerprint density at radius 3 is 1.95 bits per heavy atom. The Morgan fingerprint density at radius 2 is 1.32 bits per heavy atom. The molecule has 13 nitrogen and oxygen atoms in total. The molecule has 3 N–H and O–H groups in total. The van der Waals surface area contributed by atoms with E-state index in [-0.39, 0.29) is 50.9 Å². The molecule has 3 aromatic carbocycles. The van der Waals surface area contributed by atoms with Crippen LogP contribution in [0.25, 0.3) is 0 Å². The first-order chi connectivity index (χ1) is 30.0. The number of urea groups is 1. The average Bonchev–Trinajstić information content (AvgIpc) is 3.43. The van der Waals surface area contributed by atoms with Gasteiger partial charge in [0, 0.05) is 83.1 Å². The van der Waals surface area contributed by atoms with Gasteiger partial charge in [0.25, 0.3) is 0 Å². The molecule has 3 aromatic rings. The minimum atomic E-state index is -5.21. The van der Waals surface area contributed by atoms with Crippen molar-refractivity contribution < 1.29 is 55.1 Å². The highest BCUT2D eigenvalue weighted by Crippen LogP contribution is 2.42. The lowest BCUT2D eigenvalue weighted by atomic mass is 9.90. The maximum atomic E-state index is 14.3. The Hall–Kier alpha value is -5.56. The summed E-state index contributed by atoms with van der Waals surface area (Å²) >= 11 is 0. The van der Waals surface area contributed by atoms with Gasteiger partial charge < -0.3 is 35.3 Å². The number of carbonyl (C=O) groups excluding carboxylic acids is 4. The number of anilines is 2. The van der Waals surface area contributed by atoms with Gasteiger partial charge in [-0.1, -0.05) is 48.5 Å². The lowest BCUT2D eigenvalue weighted by Gasteiger charge is -2.42. The summed E-state index contributed by atoms with van der Waals surface area (Å²) in [5.74, 6) is -2.26. The van der Waals surface area contributed by atoms with Crippen LogP contribution in [0.15, 0.2) is 66.7 Å². The molecule has 0 spiro atoms. The number of nitrogens with one attached hydrogen (secondary N) is 1. The number of piperidine rings is 2. The number of likely N-dealkylation sites (tertiary alicyclic amines) is 2. The summed E-state index contributed by atoms with van der Waals surface area (Å²) in [6, 6.07) is 17.4. The van der Waals surface area contributed by atoms with E-state index >= 15 is 0 Å². The van der Waals surface area contributed by atoms with Crippen LogP contribution in [0.1, 0.15) is 59.9 Å². The first-order valence-corrected chi connectivity index (χ1v) is 21.2. The topological polar surface area (TPSA) is 141 Å². The number of hydrogen-bond donors (Lipinski definition) is 2. The standard InChI is InChI=1S/C44H51F6N7O6/c45-43(46,47)35-25-30(26-36(39(35)51)44(48,49)50)24-32(27-38(58)54-15-13-34(14-16-54)57-19-10-31-8-4-5-9-37(31)52-41(57)60)40(59)55-17-11-33(12-18-55)53-20-22-56(23-21-53)63-42(61)62-28-29-6-2-1-3-7-29/h1-9,25-26,32-34H,10-24,27-28,51H2,(H,52,60)/t32-/m0/s1. The van der Waals surface area contributed by atoms with Gasteiger partial charge in [-0.05, 0) is 73.4 Å². The van der Waals surface area contributed by atoms with Gasteiger partial charge >= 0.3 is 24.5 Å². The molecule has 19 heteroatoms. The third-order valence-electron chi connectivity index (χ3n) is 12.5. The second-order valence-corrected chi connectivity index (χ2v) is 16.5. The highest BCUT2D eigenvalue weighted by Gasteiger charge is 2.42. The van der Waals surface area contributed by atoms with Crippen LogP contribution in [0.2, 0.25) is 0 Å². The molecule has 3 saturated heterocycles. The molecule has 1 atom stereocenters. The fourth-order valence-electron chi connectivity index (χ4n) is 9.05. The third-order valence-corrected chi connectivity index (χ3v) is 12.5. The van der Waals surface area contributed by atoms with E-state index in [0.717, 1.165) is 16.8 Å². The molecule has 0 radical (unpaired) electrons. The molecule has 0 aliphatic carbocycles. The number of para-hydroxylation sites is 1. The summed E-state index contributed by atoms with van der Waals surface area (Å²) in [5, 5.41) is 4.49. The van der Waals surface area contributed by atoms with E-state index in [1.54, 1.807) is 9.80 Å². The molecule has 4 heterocycles. The van der Waals surface area contributed by atoms with E-state index in [0.29, 0.717) is 77.0 Å². The number of benzene rings is 3. The van der Waals surface area contributed by atoms with Crippen molar-refractivity contribution in [3.63, 3.8) is 0 Å². The van der Waals surface area contributed by atoms with Gasteiger partial charge in [-0.2, -0.15) is 26.3 Å². The number of halogens is 6. The van der Waals surface area contributed by atoms with E-state index in [4.69, 9.17) is 15.3 Å². The zero-order chi connectivity index (χ0) is 44.9. The van der Waals surface area contributed by atoms with Gasteiger partial charge in [0.05, 0.1) is 22.7 Å². The Morgan fingerprint density at radius 1 is 0.730 bits per heavy atom. The Kier molecular flexibility index (Phi) is 14.0. The molecule has 4 amide bonds. The fourth-order valence-corrected chi connectivity index (χ4v) is 9.05. The molecule has 340 valence electrons. The van der Waals surface area contributed by atoms with Crippen LogP contribution >= 0.6 is 0 Å². The van der Waals surface area contributed by atoms with Gasteiger partial charge in [0.1, 0.15) is 6.61 Å². The van der Waals surface area contributed by atoms with Crippen molar-refractivity contribution in [2.75, 3.05) is 70.0 Å². The van der Waals surface area contributed by atoms with Gasteiger partial charge in [-0.25, -0.2) is 9.59 Å². The van der Waals surface area contributed by atoms with Gasteiger partial charge in [0.15, 0.2) is 0 Å². The predicted octanol–water partition coefficient (Wildman–Crippen LogP) is 6.81. The van der Waals surface area contributed by atoms with Crippen molar-refractivity contribution in [1.82, 2.24) is 24.7 Å². The number of carbonyl (C=O) groups is 4. The summed E-state index contributed by atoms with van der Waals surface area (Å²) in [6.45, 7) is 3.53. The van der Waals surface area contributed by atoms with Gasteiger partial charge in [-0.3, -0.25) is 14.5 Å². The van der Waals surface area contributed by atoms with E-state index in [2.05, 4.69) is 10.2 Å². The summed E-state index contributed by atoms with van der Waals surface area (Å²) in [7, 11) is 0. The summed E-state index contributed by atoms with van der Waals surface area (Å²) in [4.78, 5) is 66.1. The van der Waals surface area contributed by atoms with Gasteiger partial charge in [0.2, 0.25) is 11.8 Å². The number of ether oxygens (including phenoxy) is 1. The predicted molar refractivity (Wildman–Crippen MR) is 219 cm³/mol. The van der Waals surface area contributed by atoms with E-state index in [1.807, 2.05) is 54.6 Å². The molecule has 63 heavy (non-hydrogen) atoms. The maximum Gasteiger partial charge on any atom is 0.528 e. The summed E-state index contributed by atoms with van der Waals surface area (Å²) < 4.78 is 89.4. The first-order valence-electron chi connectivity index (χ1n) is 21.2. The number of nitrogen functional groups attached to an aromatic ring is 1. The fraction of sp³-hybridized carbons (Fsp3) is 0.500. The number of alkyl halides is 6. The van der Waals surface area contributed by atoms with Crippen LogP contribution < -0.4 is 11.1 Å². The Balaban J connectivity index is 0.980. The quantitative estimate of drug-likeness (QED) is 0.128. The first kappa shape index (κ1) is 45.5. The number of nitrogens with two attached hydrogens (primary N) is 1. The molecule has 0 saturated carbocycles. The van der Waals surface area contributed by atoms with Crippen molar-refractivity contribution in [1.29, 1.82) is 0 Å². The van der Waals surface area contributed by atoms with Crippen LogP contribution in [0, 0.1) is 5.92 Å². The van der Waals surface area contributed by atoms with Crippen LogP contribution in [0.5, 0.6) is 0 Å². The molecule has 0 aromatic heterocycles. The Labute approximate surface area is 361 Å². The van der Waals surface area contributed by atoms with Crippen LogP contribution in [0.4, 0.5) is 47.3 Å². The van der Waals surface area contributed by atoms with Crippen molar-refractivity contribution in [2.45, 2.75) is 76.0 Å². The number of amides is 4. The Bertz CT molecular complexity index is 2070. The lowest BCUT2D eigenvalue weighted by Crippen LogP contribution is -2.54. The summed E-state index contributed by atoms with van der Waals surface area (Å²) in [6.07, 6.45) is -9.62. The zero-order valence-electron chi connectivity index (χ0n) is 34.6. The number of hydroxylamine groups is 2. The third kappa shape index (κ3) is 11.3. The lowest BCUT2D eigenvalue weighted by molar-refractivity contribution is -0.153. The molecule has 0 bridgehead atoms. The minimum Gasteiger partial charge on any atom is -0.428 e. The molecular formula is C44H51F6N7O6. The van der Waals surface area contributed by atoms with Crippen molar-refractivity contribution in [2.24, 2.45) is 5.92 Å². The highest BCUT2D eigenvalue weighted by molar-refractivity contribution is 5.91. The number of piperazine rings is 1.